The highest BCUT2D eigenvalue weighted by atomic mass is 19.1. The van der Waals surface area contributed by atoms with E-state index in [0.717, 1.165) is 5.56 Å². The molecule has 0 bridgehead atoms. The number of allylic oxidation sites excluding steroid dienone is 1. The minimum atomic E-state index is -0.929. The van der Waals surface area contributed by atoms with Gasteiger partial charge in [-0.1, -0.05) is 33.4 Å². The van der Waals surface area contributed by atoms with Gasteiger partial charge in [0.1, 0.15) is 23.5 Å². The van der Waals surface area contributed by atoms with E-state index in [1.165, 1.54) is 19.4 Å². The summed E-state index contributed by atoms with van der Waals surface area (Å²) in [6.07, 6.45) is 3.99. The second kappa shape index (κ2) is 11.8. The van der Waals surface area contributed by atoms with Gasteiger partial charge in [0.15, 0.2) is 5.84 Å². The molecule has 1 aromatic carbocycles. The molecule has 0 saturated carbocycles. The summed E-state index contributed by atoms with van der Waals surface area (Å²) in [6, 6.07) is 4.98. The monoisotopic (exact) mass is 522 g/mol. The van der Waals surface area contributed by atoms with E-state index in [9.17, 15) is 9.18 Å². The molecular weight excluding hydrogens is 487 g/mol. The van der Waals surface area contributed by atoms with E-state index >= 15 is 0 Å². The van der Waals surface area contributed by atoms with E-state index in [2.05, 4.69) is 32.2 Å². The van der Waals surface area contributed by atoms with Crippen LogP contribution < -0.4 is 21.3 Å². The molecule has 1 amide bonds. The Morgan fingerprint density at radius 2 is 2.13 bits per heavy atom. The molecule has 1 atom stereocenters. The predicted molar refractivity (Wildman–Crippen MR) is 149 cm³/mol. The molecule has 1 aliphatic rings. The highest BCUT2D eigenvalue weighted by Crippen LogP contribution is 2.26. The van der Waals surface area contributed by atoms with Gasteiger partial charge in [-0.15, -0.1) is 0 Å². The molecule has 11 heteroatoms. The molecule has 0 unspecified atom stereocenters. The summed E-state index contributed by atoms with van der Waals surface area (Å²) in [6.45, 7) is 12.1. The third-order valence-electron chi connectivity index (χ3n) is 5.88. The van der Waals surface area contributed by atoms with Crippen LogP contribution in [0.2, 0.25) is 0 Å². The third kappa shape index (κ3) is 6.93. The van der Waals surface area contributed by atoms with Crippen LogP contribution in [0.25, 0.3) is 0 Å². The first-order valence-corrected chi connectivity index (χ1v) is 12.2. The number of aryl methyl sites for hydroxylation is 1. The number of alkyl halides is 1. The molecule has 0 radical (unpaired) electrons. The van der Waals surface area contributed by atoms with Crippen LogP contribution in [0.3, 0.4) is 0 Å². The quantitative estimate of drug-likeness (QED) is 0.231. The van der Waals surface area contributed by atoms with Crippen molar-refractivity contribution in [1.82, 2.24) is 15.3 Å². The van der Waals surface area contributed by atoms with Crippen molar-refractivity contribution >= 4 is 34.9 Å². The zero-order chi connectivity index (χ0) is 28.0. The maximum atomic E-state index is 13.7. The van der Waals surface area contributed by atoms with Gasteiger partial charge in [0.05, 0.1) is 31.2 Å². The van der Waals surface area contributed by atoms with E-state index in [-0.39, 0.29) is 23.6 Å². The van der Waals surface area contributed by atoms with Crippen LogP contribution in [0.5, 0.6) is 0 Å². The highest BCUT2D eigenvalue weighted by molar-refractivity contribution is 6.09. The number of amides is 1. The number of ether oxygens (including phenoxy) is 1. The molecule has 5 N–H and O–H groups in total. The summed E-state index contributed by atoms with van der Waals surface area (Å²) in [5.74, 6) is 0.431. The summed E-state index contributed by atoms with van der Waals surface area (Å²) in [5, 5.41) is 13.7. The van der Waals surface area contributed by atoms with Crippen molar-refractivity contribution in [3.63, 3.8) is 0 Å². The molecule has 10 nitrogen and oxygen atoms in total. The number of hydrogen-bond acceptors (Lipinski definition) is 8. The van der Waals surface area contributed by atoms with Crippen LogP contribution in [0, 0.1) is 17.7 Å². The van der Waals surface area contributed by atoms with Gasteiger partial charge in [-0.2, -0.15) is 0 Å². The molecule has 0 aliphatic carbocycles. The lowest BCUT2D eigenvalue weighted by Gasteiger charge is -2.21. The smallest absolute Gasteiger partial charge is 0.256 e. The van der Waals surface area contributed by atoms with Gasteiger partial charge in [0.2, 0.25) is 5.95 Å². The standard InChI is InChI=1S/C27H35FN8O2/c1-7-31-20-14-32-26(36-11-10-18(28)15-36)35-23(20)24(30)33-19-12-17(9-8-16(19)2)25(37)34-22(29)13-21(38-6)27(3,4)5/h7-9,12-14,18,31H,1,10-11,15H2,2-6H3,(H2,30,33)(H2,29,34,37)/b21-13-/t18-/m0/s1. The molecule has 38 heavy (non-hydrogen) atoms. The van der Waals surface area contributed by atoms with Crippen LogP contribution in [0.15, 0.2) is 54.0 Å². The largest absolute Gasteiger partial charge is 0.500 e. The molecule has 2 aromatic rings. The molecule has 1 saturated heterocycles. The number of carbonyl (C=O) groups is 1. The van der Waals surface area contributed by atoms with Gasteiger partial charge >= 0.3 is 0 Å². The topological polar surface area (TPSA) is 142 Å². The molecule has 0 spiro atoms. The number of nitrogens with one attached hydrogen (secondary N) is 3. The Balaban J connectivity index is 1.90. The lowest BCUT2D eigenvalue weighted by atomic mass is 9.93. The van der Waals surface area contributed by atoms with Crippen molar-refractivity contribution in [3.8, 4) is 0 Å². The number of anilines is 2. The zero-order valence-corrected chi connectivity index (χ0v) is 22.4. The number of benzene rings is 1. The Bertz CT molecular complexity index is 1280. The SMILES string of the molecule is C=CNc1cnc(N2CC[C@H](F)C2)nc1C(N)=Nc1cc(C(=O)NC(=N)/C=C(\OC)C(C)(C)C)ccc1C. The Kier molecular flexibility index (Phi) is 8.82. The van der Waals surface area contributed by atoms with Gasteiger partial charge in [-0.25, -0.2) is 19.4 Å². The van der Waals surface area contributed by atoms with Crippen LogP contribution in [0.1, 0.15) is 48.8 Å². The fourth-order valence-corrected chi connectivity index (χ4v) is 3.83. The summed E-state index contributed by atoms with van der Waals surface area (Å²) in [7, 11) is 1.53. The summed E-state index contributed by atoms with van der Waals surface area (Å²) < 4.78 is 19.1. The van der Waals surface area contributed by atoms with E-state index in [1.54, 1.807) is 29.3 Å². The van der Waals surface area contributed by atoms with E-state index < -0.39 is 12.1 Å². The van der Waals surface area contributed by atoms with Crippen LogP contribution in [0.4, 0.5) is 21.7 Å². The molecule has 3 rings (SSSR count). The fraction of sp³-hybridized carbons (Fsp3) is 0.370. The summed E-state index contributed by atoms with van der Waals surface area (Å²) in [4.78, 5) is 28.0. The van der Waals surface area contributed by atoms with Crippen LogP contribution in [-0.4, -0.2) is 53.9 Å². The first-order chi connectivity index (χ1) is 17.9. The normalized spacial score (nSPS) is 16.3. The Morgan fingerprint density at radius 3 is 2.74 bits per heavy atom. The number of nitrogens with two attached hydrogens (primary N) is 1. The third-order valence-corrected chi connectivity index (χ3v) is 5.88. The second-order valence-corrected chi connectivity index (χ2v) is 9.94. The Labute approximate surface area is 222 Å². The first kappa shape index (κ1) is 28.3. The van der Waals surface area contributed by atoms with Crippen molar-refractivity contribution in [2.45, 2.75) is 40.3 Å². The number of hydrogen-bond donors (Lipinski definition) is 4. The number of rotatable bonds is 8. The number of aliphatic imine (C=N–C) groups is 1. The minimum Gasteiger partial charge on any atom is -0.500 e. The van der Waals surface area contributed by atoms with Gasteiger partial charge in [-0.3, -0.25) is 10.2 Å². The second-order valence-electron chi connectivity index (χ2n) is 9.94. The molecular formula is C27H35FN8O2. The Morgan fingerprint density at radius 1 is 1.39 bits per heavy atom. The predicted octanol–water partition coefficient (Wildman–Crippen LogP) is 4.21. The lowest BCUT2D eigenvalue weighted by Crippen LogP contribution is -2.29. The molecule has 1 fully saturated rings. The average molecular weight is 523 g/mol. The highest BCUT2D eigenvalue weighted by Gasteiger charge is 2.25. The van der Waals surface area contributed by atoms with Crippen molar-refractivity contribution in [3.05, 3.63) is 65.8 Å². The average Bonchev–Trinajstić information content (AvgIpc) is 3.29. The summed E-state index contributed by atoms with van der Waals surface area (Å²) >= 11 is 0. The van der Waals surface area contributed by atoms with Crippen molar-refractivity contribution in [2.75, 3.05) is 30.4 Å². The maximum absolute atomic E-state index is 13.7. The molecule has 2 heterocycles. The van der Waals surface area contributed by atoms with Gasteiger partial charge in [0.25, 0.3) is 5.91 Å². The van der Waals surface area contributed by atoms with Crippen LogP contribution in [-0.2, 0) is 4.74 Å². The zero-order valence-electron chi connectivity index (χ0n) is 22.4. The van der Waals surface area contributed by atoms with Crippen molar-refractivity contribution < 1.29 is 13.9 Å². The number of methoxy groups -OCH3 is 1. The fourth-order valence-electron chi connectivity index (χ4n) is 3.83. The number of nitrogens with zero attached hydrogens (tertiary/aromatic N) is 4. The van der Waals surface area contributed by atoms with E-state index in [1.807, 2.05) is 27.7 Å². The minimum absolute atomic E-state index is 0.0836. The number of aromatic nitrogens is 2. The summed E-state index contributed by atoms with van der Waals surface area (Å²) in [5.41, 5.74) is 8.40. The molecule has 1 aromatic heterocycles. The lowest BCUT2D eigenvalue weighted by molar-refractivity contribution is 0.0977. The van der Waals surface area contributed by atoms with Gasteiger partial charge in [0, 0.05) is 23.6 Å². The van der Waals surface area contributed by atoms with Crippen molar-refractivity contribution in [1.29, 1.82) is 5.41 Å². The van der Waals surface area contributed by atoms with Crippen LogP contribution >= 0.6 is 0 Å². The van der Waals surface area contributed by atoms with E-state index in [4.69, 9.17) is 15.9 Å². The number of halogens is 1. The van der Waals surface area contributed by atoms with Crippen molar-refractivity contribution in [2.24, 2.45) is 16.1 Å². The number of carbonyl (C=O) groups excluding carboxylic acids is 1. The number of amidine groups is 2. The van der Waals surface area contributed by atoms with Gasteiger partial charge < -0.3 is 26.0 Å². The Hall–Kier alpha value is -4.28. The molecule has 202 valence electrons. The molecule has 1 aliphatic heterocycles. The van der Waals surface area contributed by atoms with Gasteiger partial charge in [-0.05, 0) is 37.2 Å². The first-order valence-electron chi connectivity index (χ1n) is 12.2. The maximum Gasteiger partial charge on any atom is 0.256 e. The van der Waals surface area contributed by atoms with E-state index in [0.29, 0.717) is 47.3 Å².